The van der Waals surface area contributed by atoms with Gasteiger partial charge in [-0.15, -0.1) is 0 Å². The number of rotatable bonds is 19. The summed E-state index contributed by atoms with van der Waals surface area (Å²) in [4.78, 5) is 80.4. The number of para-hydroxylation sites is 1. The molecule has 0 spiro atoms. The molecule has 0 saturated carbocycles. The maximum Gasteiger partial charge on any atom is 0.326 e. The standard InChI is InChI=1S/C27H39N9O8/c28-16(7-9-21(29)37)23(40)34-19(8-10-22(38)39)25(42)35-18(6-3-11-32-27(30)31)24(41)36-20(26(43)44)12-14-13-33-17-5-2-1-4-15(14)17/h1-2,4-5,13,16,18-20,33H,3,6-12,28H2,(H2,29,37)(H,34,40)(H,35,42)(H,36,41)(H,38,39)(H,43,44)(H4,30,31,32). The van der Waals surface area contributed by atoms with Crippen LogP contribution in [-0.4, -0.2) is 87.4 Å². The Hall–Kier alpha value is -5.19. The molecule has 17 heteroatoms. The maximum atomic E-state index is 13.4. The lowest BCUT2D eigenvalue weighted by Gasteiger charge is -2.25. The lowest BCUT2D eigenvalue weighted by atomic mass is 10.0. The van der Waals surface area contributed by atoms with Crippen molar-refractivity contribution in [3.63, 3.8) is 0 Å². The molecule has 14 N–H and O–H groups in total. The molecule has 0 bridgehead atoms. The molecule has 4 amide bonds. The zero-order valence-electron chi connectivity index (χ0n) is 24.0. The van der Waals surface area contributed by atoms with Crippen molar-refractivity contribution in [3.05, 3.63) is 36.0 Å². The van der Waals surface area contributed by atoms with Crippen LogP contribution in [0.25, 0.3) is 10.9 Å². The molecule has 44 heavy (non-hydrogen) atoms. The Morgan fingerprint density at radius 2 is 1.43 bits per heavy atom. The number of H-pyrrole nitrogens is 1. The van der Waals surface area contributed by atoms with E-state index < -0.39 is 66.2 Å². The number of carboxylic acid groups (broad SMARTS) is 2. The molecule has 0 fully saturated rings. The van der Waals surface area contributed by atoms with Crippen LogP contribution in [0.3, 0.4) is 0 Å². The summed E-state index contributed by atoms with van der Waals surface area (Å²) in [5.41, 5.74) is 23.0. The largest absolute Gasteiger partial charge is 0.481 e. The molecular weight excluding hydrogens is 578 g/mol. The summed E-state index contributed by atoms with van der Waals surface area (Å²) in [5.74, 6) is -6.02. The van der Waals surface area contributed by atoms with Gasteiger partial charge < -0.3 is 54.1 Å². The first-order chi connectivity index (χ1) is 20.8. The number of aliphatic imine (C=N–C) groups is 1. The van der Waals surface area contributed by atoms with Crippen molar-refractivity contribution in [3.8, 4) is 0 Å². The Bertz CT molecular complexity index is 1370. The van der Waals surface area contributed by atoms with Crippen LogP contribution < -0.4 is 38.9 Å². The number of benzene rings is 1. The van der Waals surface area contributed by atoms with Crippen LogP contribution in [0.2, 0.25) is 0 Å². The molecule has 4 unspecified atom stereocenters. The number of nitrogens with two attached hydrogens (primary N) is 4. The monoisotopic (exact) mass is 617 g/mol. The van der Waals surface area contributed by atoms with Gasteiger partial charge in [-0.1, -0.05) is 18.2 Å². The Morgan fingerprint density at radius 1 is 0.818 bits per heavy atom. The molecule has 1 aromatic heterocycles. The van der Waals surface area contributed by atoms with E-state index in [4.69, 9.17) is 28.0 Å². The third kappa shape index (κ3) is 11.6. The molecule has 2 aromatic rings. The Kier molecular flexibility index (Phi) is 13.6. The number of hydrogen-bond donors (Lipinski definition) is 10. The van der Waals surface area contributed by atoms with Gasteiger partial charge >= 0.3 is 11.9 Å². The van der Waals surface area contributed by atoms with E-state index in [1.165, 1.54) is 0 Å². The van der Waals surface area contributed by atoms with Crippen LogP contribution in [0.5, 0.6) is 0 Å². The highest BCUT2D eigenvalue weighted by molar-refractivity contribution is 5.94. The van der Waals surface area contributed by atoms with Gasteiger partial charge in [0.05, 0.1) is 6.04 Å². The SMILES string of the molecule is NC(=O)CCC(N)C(=O)NC(CCC(=O)O)C(=O)NC(CCCN=C(N)N)C(=O)NC(Cc1c[nH]c2ccccc12)C(=O)O. The number of primary amides is 1. The van der Waals surface area contributed by atoms with Crippen molar-refractivity contribution in [2.24, 2.45) is 27.9 Å². The first kappa shape index (κ1) is 35.0. The Morgan fingerprint density at radius 3 is 2.05 bits per heavy atom. The van der Waals surface area contributed by atoms with Crippen LogP contribution in [-0.2, 0) is 35.2 Å². The summed E-state index contributed by atoms with van der Waals surface area (Å²) < 4.78 is 0. The smallest absolute Gasteiger partial charge is 0.326 e. The van der Waals surface area contributed by atoms with Gasteiger partial charge in [0.1, 0.15) is 18.1 Å². The van der Waals surface area contributed by atoms with Crippen molar-refractivity contribution in [2.45, 2.75) is 69.1 Å². The van der Waals surface area contributed by atoms with Gasteiger partial charge in [0.2, 0.25) is 23.6 Å². The van der Waals surface area contributed by atoms with Crippen LogP contribution in [0.15, 0.2) is 35.5 Å². The molecular formula is C27H39N9O8. The van der Waals surface area contributed by atoms with Gasteiger partial charge in [0.25, 0.3) is 0 Å². The van der Waals surface area contributed by atoms with E-state index in [0.29, 0.717) is 5.56 Å². The highest BCUT2D eigenvalue weighted by Crippen LogP contribution is 2.19. The lowest BCUT2D eigenvalue weighted by Crippen LogP contribution is -2.57. The number of aliphatic carboxylic acids is 2. The fraction of sp³-hybridized carbons (Fsp3) is 0.444. The number of nitrogens with zero attached hydrogens (tertiary/aromatic N) is 1. The van der Waals surface area contributed by atoms with E-state index in [2.05, 4.69) is 25.9 Å². The van der Waals surface area contributed by atoms with E-state index in [1.54, 1.807) is 18.3 Å². The average molecular weight is 618 g/mol. The van der Waals surface area contributed by atoms with Crippen LogP contribution in [0, 0.1) is 0 Å². The van der Waals surface area contributed by atoms with E-state index in [-0.39, 0.29) is 51.0 Å². The van der Waals surface area contributed by atoms with Crippen molar-refractivity contribution in [1.82, 2.24) is 20.9 Å². The highest BCUT2D eigenvalue weighted by atomic mass is 16.4. The quantitative estimate of drug-likeness (QED) is 0.0456. The first-order valence-corrected chi connectivity index (χ1v) is 13.8. The fourth-order valence-corrected chi connectivity index (χ4v) is 4.28. The van der Waals surface area contributed by atoms with E-state index in [1.807, 2.05) is 12.1 Å². The van der Waals surface area contributed by atoms with E-state index >= 15 is 0 Å². The predicted octanol–water partition coefficient (Wildman–Crippen LogP) is -2.24. The zero-order chi connectivity index (χ0) is 32.8. The molecule has 0 aliphatic carbocycles. The number of nitrogens with one attached hydrogen (secondary N) is 4. The third-order valence-corrected chi connectivity index (χ3v) is 6.61. The van der Waals surface area contributed by atoms with Gasteiger partial charge in [-0.05, 0) is 37.3 Å². The summed E-state index contributed by atoms with van der Waals surface area (Å²) in [6.45, 7) is 0.0909. The second-order valence-corrected chi connectivity index (χ2v) is 10.1. The molecule has 240 valence electrons. The van der Waals surface area contributed by atoms with Crippen LogP contribution in [0.1, 0.15) is 44.1 Å². The number of aromatic amines is 1. The van der Waals surface area contributed by atoms with Crippen molar-refractivity contribution in [1.29, 1.82) is 0 Å². The number of guanidine groups is 1. The van der Waals surface area contributed by atoms with E-state index in [0.717, 1.165) is 10.9 Å². The van der Waals surface area contributed by atoms with E-state index in [9.17, 15) is 33.9 Å². The number of aromatic nitrogens is 1. The summed E-state index contributed by atoms with van der Waals surface area (Å²) in [6.07, 6.45) is 0.564. The number of carbonyl (C=O) groups is 6. The van der Waals surface area contributed by atoms with Crippen molar-refractivity contribution < 1.29 is 39.0 Å². The summed E-state index contributed by atoms with van der Waals surface area (Å²) in [5, 5.41) is 27.1. The van der Waals surface area contributed by atoms with Crippen molar-refractivity contribution in [2.75, 3.05) is 6.54 Å². The number of amides is 4. The van der Waals surface area contributed by atoms with Crippen LogP contribution >= 0.6 is 0 Å². The lowest BCUT2D eigenvalue weighted by molar-refractivity contribution is -0.142. The first-order valence-electron chi connectivity index (χ1n) is 13.8. The zero-order valence-corrected chi connectivity index (χ0v) is 24.0. The molecule has 0 radical (unpaired) electrons. The molecule has 1 heterocycles. The minimum Gasteiger partial charge on any atom is -0.481 e. The number of fused-ring (bicyclic) bond motifs is 1. The summed E-state index contributed by atoms with van der Waals surface area (Å²) in [7, 11) is 0. The molecule has 0 aliphatic rings. The van der Waals surface area contributed by atoms with Crippen molar-refractivity contribution >= 4 is 52.4 Å². The summed E-state index contributed by atoms with van der Waals surface area (Å²) >= 11 is 0. The summed E-state index contributed by atoms with van der Waals surface area (Å²) in [6, 6.07) is 1.91. The third-order valence-electron chi connectivity index (χ3n) is 6.61. The minimum absolute atomic E-state index is 0.0362. The molecule has 4 atom stereocenters. The topological polar surface area (TPSA) is 311 Å². The fourth-order valence-electron chi connectivity index (χ4n) is 4.28. The maximum absolute atomic E-state index is 13.4. The minimum atomic E-state index is -1.42. The molecule has 1 aromatic carbocycles. The van der Waals surface area contributed by atoms with Gasteiger partial charge in [-0.3, -0.25) is 29.0 Å². The number of carbonyl (C=O) groups excluding carboxylic acids is 4. The van der Waals surface area contributed by atoms with Crippen LogP contribution in [0.4, 0.5) is 0 Å². The van der Waals surface area contributed by atoms with Gasteiger partial charge in [-0.25, -0.2) is 4.79 Å². The van der Waals surface area contributed by atoms with Gasteiger partial charge in [-0.2, -0.15) is 0 Å². The predicted molar refractivity (Wildman–Crippen MR) is 159 cm³/mol. The van der Waals surface area contributed by atoms with Gasteiger partial charge in [0, 0.05) is 42.9 Å². The highest BCUT2D eigenvalue weighted by Gasteiger charge is 2.31. The second kappa shape index (κ2) is 17.1. The average Bonchev–Trinajstić information content (AvgIpc) is 3.37. The molecule has 17 nitrogen and oxygen atoms in total. The molecule has 0 saturated heterocycles. The van der Waals surface area contributed by atoms with Gasteiger partial charge in [0.15, 0.2) is 5.96 Å². The Labute approximate surface area is 252 Å². The molecule has 2 rings (SSSR count). The second-order valence-electron chi connectivity index (χ2n) is 10.1. The number of carboxylic acids is 2. The molecule has 0 aliphatic heterocycles. The Balaban J connectivity index is 2.23. The number of hydrogen-bond acceptors (Lipinski definition) is 8. The normalized spacial score (nSPS) is 13.6.